The first-order chi connectivity index (χ1) is 53.7. The van der Waals surface area contributed by atoms with Crippen LogP contribution in [0.4, 0.5) is 0 Å². The van der Waals surface area contributed by atoms with E-state index in [1.54, 1.807) is 144 Å². The number of ether oxygens (including phenoxy) is 5. The summed E-state index contributed by atoms with van der Waals surface area (Å²) in [7, 11) is 0. The van der Waals surface area contributed by atoms with E-state index in [1.165, 1.54) is 23.8 Å². The minimum Gasteiger partial charge on any atom is -0.870 e. The summed E-state index contributed by atoms with van der Waals surface area (Å²) in [6.07, 6.45) is 2.39. The van der Waals surface area contributed by atoms with Gasteiger partial charge in [-0.3, -0.25) is 73.5 Å². The second kappa shape index (κ2) is 61.5. The number of aldehydes is 1. The fourth-order valence-corrected chi connectivity index (χ4v) is 10.8. The number of esters is 5. The van der Waals surface area contributed by atoms with Gasteiger partial charge in [0, 0.05) is 93.9 Å². The molecule has 624 valence electrons. The van der Waals surface area contributed by atoms with Crippen LogP contribution in [0.2, 0.25) is 35.2 Å². The van der Waals surface area contributed by atoms with Crippen molar-refractivity contribution in [1.82, 2.24) is 10.6 Å². The van der Waals surface area contributed by atoms with Crippen LogP contribution in [-0.4, -0.2) is 150 Å². The Bertz CT molecular complexity index is 4150. The molecule has 7 aromatic rings. The first-order valence-corrected chi connectivity index (χ1v) is 37.1. The van der Waals surface area contributed by atoms with Gasteiger partial charge in [0.05, 0.1) is 50.3 Å². The summed E-state index contributed by atoms with van der Waals surface area (Å²) in [5.41, 5.74) is 10.9. The standard InChI is InChI=1S/C15H18ClNO6.C13H14ClNO3.C10H12ClNO2.C10H10ClNO.C8H8ClNO3.C8H6ClNO2.C7H5ClO.C7H12O4.ClH.Na.H2O/c1-3-22-14(18)13(15(19)23-4-2)12(9-17(20)21)10-5-7-11(16)8-6-10;1-2-18-13(17)11-10(7-15-12(11)16)8-3-5-9(14)6-4-8;11-9-3-1-7(2-4-9)8(6-12)5-10(13)14;11-9-3-1-7(2-4-9)8-5-10(13)12-6-8;9-7-3-1-6(2-4-7)8(11)5-10(12)13;9-8-3-1-7(2-4-8)5-6-10(11)12;8-7-3-1-6(5-9)2-4-7;1-3-10-6(8)5-7(9)11-4-2;;;/h5-8,12-13H,3-4,9H2,1-2H3;3-6,10-11H,2,7H2,1H3,(H,15,16);1-4,8H,5-6,12H2,(H,13,14);1-4,8H,5-6H2,(H,12,13);1-4,8,11H,5H2;1-6H;1-5H;3-5H2,1-2H3;1H;;1H2/q;;;;;;;;;+1;/p-1/b;;;;;6-5+;;;;;/t12-;10-,11?;2*8-;;;;;;;/m0000......./s1. The molecule has 116 heavy (non-hydrogen) atoms. The number of aliphatic hydroxyl groups is 1. The molecule has 2 aliphatic rings. The second-order valence-electron chi connectivity index (χ2n) is 23.3. The molecule has 38 heteroatoms. The van der Waals surface area contributed by atoms with E-state index in [2.05, 4.69) is 20.1 Å². The van der Waals surface area contributed by atoms with Crippen LogP contribution < -0.4 is 45.9 Å². The number of aliphatic carboxylic acids is 1. The van der Waals surface area contributed by atoms with Crippen molar-refractivity contribution in [3.05, 3.63) is 281 Å². The number of hydrogen-bond acceptors (Lipinski definition) is 23. The van der Waals surface area contributed by atoms with Crippen LogP contribution in [0.5, 0.6) is 0 Å². The Labute approximate surface area is 732 Å². The third kappa shape index (κ3) is 45.0. The van der Waals surface area contributed by atoms with Gasteiger partial charge in [-0.25, -0.2) is 0 Å². The molecule has 0 aromatic heterocycles. The van der Waals surface area contributed by atoms with Crippen LogP contribution in [0.3, 0.4) is 0 Å². The number of benzene rings is 7. The molecule has 0 saturated carbocycles. The van der Waals surface area contributed by atoms with Gasteiger partial charge in [-0.1, -0.05) is 166 Å². The minimum atomic E-state index is -1.40. The summed E-state index contributed by atoms with van der Waals surface area (Å²) in [6.45, 7) is 9.67. The average Bonchev–Trinajstić information content (AvgIpc) is 1.72. The quantitative estimate of drug-likeness (QED) is 0.00639. The fraction of sp³-hybridized carbons (Fsp3) is 0.321. The number of carboxylic acids is 1. The monoisotopic (exact) mass is 1780 g/mol. The third-order valence-corrected chi connectivity index (χ3v) is 17.0. The number of rotatable bonds is 26. The van der Waals surface area contributed by atoms with Crippen molar-refractivity contribution in [2.75, 3.05) is 65.8 Å². The average molecular weight is 1780 g/mol. The molecule has 2 heterocycles. The Morgan fingerprint density at radius 3 is 1.28 bits per heavy atom. The van der Waals surface area contributed by atoms with Gasteiger partial charge in [-0.05, 0) is 159 Å². The van der Waals surface area contributed by atoms with Crippen LogP contribution in [0.25, 0.3) is 6.08 Å². The molecule has 7 N–H and O–H groups in total. The van der Waals surface area contributed by atoms with Crippen LogP contribution in [0.1, 0.15) is 127 Å². The summed E-state index contributed by atoms with van der Waals surface area (Å²) in [6, 6.07) is 47.9. The van der Waals surface area contributed by atoms with Crippen molar-refractivity contribution < 1.29 is 127 Å². The van der Waals surface area contributed by atoms with Crippen molar-refractivity contribution in [3.63, 3.8) is 0 Å². The molecule has 7 aromatic carbocycles. The number of nitro groups is 3. The predicted octanol–water partition coefficient (Wildman–Crippen LogP) is 12.1. The van der Waals surface area contributed by atoms with Crippen LogP contribution >= 0.6 is 93.6 Å². The van der Waals surface area contributed by atoms with Gasteiger partial charge in [0.15, 0.2) is 5.92 Å². The van der Waals surface area contributed by atoms with E-state index in [4.69, 9.17) is 106 Å². The molecule has 2 fully saturated rings. The second-order valence-corrected chi connectivity index (χ2v) is 26.4. The molecular formula is C78H87Cl8N6NaO23. The zero-order chi connectivity index (χ0) is 84.5. The van der Waals surface area contributed by atoms with Crippen molar-refractivity contribution in [2.24, 2.45) is 17.6 Å². The summed E-state index contributed by atoms with van der Waals surface area (Å²) in [5, 5.41) is 58.7. The molecule has 0 spiro atoms. The van der Waals surface area contributed by atoms with E-state index in [1.807, 2.05) is 48.5 Å². The van der Waals surface area contributed by atoms with Gasteiger partial charge in [0.25, 0.3) is 0 Å². The van der Waals surface area contributed by atoms with Crippen molar-refractivity contribution in [2.45, 2.75) is 83.7 Å². The number of amides is 2. The third-order valence-electron chi connectivity index (χ3n) is 15.3. The molecule has 0 bridgehead atoms. The molecule has 29 nitrogen and oxygen atoms in total. The fourth-order valence-electron chi connectivity index (χ4n) is 9.90. The number of aliphatic hydroxyl groups excluding tert-OH is 1. The van der Waals surface area contributed by atoms with Gasteiger partial charge in [-0.2, -0.15) is 0 Å². The summed E-state index contributed by atoms with van der Waals surface area (Å²) < 4.78 is 23.8. The molecule has 2 aliphatic heterocycles. The minimum absolute atomic E-state index is 0. The Hall–Kier alpha value is -8.89. The van der Waals surface area contributed by atoms with Gasteiger partial charge in [0.1, 0.15) is 24.7 Å². The molecular weight excluding hydrogens is 1700 g/mol. The molecule has 2 saturated heterocycles. The van der Waals surface area contributed by atoms with E-state index < -0.39 is 87.5 Å². The topological polar surface area (TPSA) is 450 Å². The number of carbonyl (C=O) groups excluding carboxylic acids is 8. The molecule has 2 unspecified atom stereocenters. The molecule has 0 aliphatic carbocycles. The first-order valence-electron chi connectivity index (χ1n) is 34.5. The molecule has 6 atom stereocenters. The normalized spacial score (nSPS) is 13.8. The number of hydrogen-bond donors (Lipinski definition) is 5. The Morgan fingerprint density at radius 2 is 0.914 bits per heavy atom. The summed E-state index contributed by atoms with van der Waals surface area (Å²) in [5.74, 6) is -7.34. The van der Waals surface area contributed by atoms with Crippen molar-refractivity contribution >= 4 is 154 Å². The summed E-state index contributed by atoms with van der Waals surface area (Å²) >= 11 is 39.9. The number of halogens is 8. The number of carboxylic acid groups (broad SMARTS) is 1. The Morgan fingerprint density at radius 1 is 0.534 bits per heavy atom. The number of nitrogens with two attached hydrogens (primary N) is 1. The van der Waals surface area contributed by atoms with Crippen LogP contribution in [0.15, 0.2) is 176 Å². The van der Waals surface area contributed by atoms with E-state index in [0.29, 0.717) is 72.3 Å². The Kier molecular flexibility index (Phi) is 57.8. The SMILES string of the molecule is CCOC(=O)C(C(=O)OCC)[C@@H](C[N+](=O)[O-])c1ccc(Cl)cc1.CCOC(=O)C1C(=O)NC[C@H]1c1ccc(Cl)cc1.CCOC(=O)CC(=O)OCC.Cl.NC[C@H](CC(=O)O)c1ccc(Cl)cc1.O=C1C[C@H](c2ccc(Cl)cc2)CN1.O=Cc1ccc(Cl)cc1.O=[N+]([O-])/C=C/c1ccc(Cl)cc1.O=[N+]([O-])CC(O)c1ccc(Cl)cc1.[Na+].[OH-]. The first kappa shape index (κ1) is 109. The number of nitrogens with one attached hydrogen (secondary N) is 2. The zero-order valence-electron chi connectivity index (χ0n) is 63.6. The largest absolute Gasteiger partial charge is 1.00 e. The van der Waals surface area contributed by atoms with Gasteiger partial charge < -0.3 is 55.7 Å². The van der Waals surface area contributed by atoms with Crippen LogP contribution in [0, 0.1) is 42.2 Å². The van der Waals surface area contributed by atoms with Gasteiger partial charge in [0.2, 0.25) is 31.1 Å². The van der Waals surface area contributed by atoms with Crippen LogP contribution in [-0.2, 0) is 62.0 Å². The molecule has 9 rings (SSSR count). The van der Waals surface area contributed by atoms with E-state index in [-0.39, 0.29) is 117 Å². The number of carbonyl (C=O) groups is 9. The number of nitrogens with zero attached hydrogens (tertiary/aromatic N) is 3. The maximum atomic E-state index is 12.2. The predicted molar refractivity (Wildman–Crippen MR) is 437 cm³/mol. The summed E-state index contributed by atoms with van der Waals surface area (Å²) in [4.78, 5) is 130. The van der Waals surface area contributed by atoms with Gasteiger partial charge in [-0.15, -0.1) is 12.4 Å². The van der Waals surface area contributed by atoms with Crippen molar-refractivity contribution in [3.8, 4) is 0 Å². The van der Waals surface area contributed by atoms with Crippen molar-refractivity contribution in [1.29, 1.82) is 0 Å². The van der Waals surface area contributed by atoms with E-state index in [9.17, 15) is 78.6 Å². The van der Waals surface area contributed by atoms with Gasteiger partial charge >= 0.3 is 65.4 Å². The molecule has 2 amide bonds. The smallest absolute Gasteiger partial charge is 0.870 e. The Balaban J connectivity index is 0. The maximum absolute atomic E-state index is 12.2. The maximum Gasteiger partial charge on any atom is 1.00 e. The van der Waals surface area contributed by atoms with E-state index >= 15 is 0 Å². The van der Waals surface area contributed by atoms with E-state index in [0.717, 1.165) is 40.7 Å². The molecule has 0 radical (unpaired) electrons. The zero-order valence-corrected chi connectivity index (χ0v) is 71.7.